The zero-order valence-corrected chi connectivity index (χ0v) is 7.56. The second-order valence-electron chi connectivity index (χ2n) is 3.07. The van der Waals surface area contributed by atoms with Crippen LogP contribution in [0.2, 0.25) is 0 Å². The average Bonchev–Trinajstić information content (AvgIpc) is 2.10. The van der Waals surface area contributed by atoms with Gasteiger partial charge in [0.25, 0.3) is 0 Å². The molecule has 1 aromatic rings. The molecule has 1 atom stereocenters. The summed E-state index contributed by atoms with van der Waals surface area (Å²) in [5.74, 6) is -1.66. The molecular weight excluding hydrogens is 172 g/mol. The first-order valence-corrected chi connectivity index (χ1v) is 4.35. The fourth-order valence-electron chi connectivity index (χ4n) is 1.22. The summed E-state index contributed by atoms with van der Waals surface area (Å²) in [7, 11) is 0. The van der Waals surface area contributed by atoms with E-state index in [1.807, 2.05) is 6.92 Å². The summed E-state index contributed by atoms with van der Waals surface area (Å²) in [6, 6.07) is 3.61. The van der Waals surface area contributed by atoms with Crippen molar-refractivity contribution in [3.8, 4) is 0 Å². The van der Waals surface area contributed by atoms with E-state index in [0.717, 1.165) is 25.0 Å². The van der Waals surface area contributed by atoms with Crippen LogP contribution in [0.4, 0.5) is 8.78 Å². The highest BCUT2D eigenvalue weighted by atomic mass is 19.2. The number of halogens is 2. The van der Waals surface area contributed by atoms with E-state index in [1.54, 1.807) is 0 Å². The van der Waals surface area contributed by atoms with Crippen LogP contribution in [-0.4, -0.2) is 0 Å². The van der Waals surface area contributed by atoms with Crippen LogP contribution in [0.15, 0.2) is 18.2 Å². The Morgan fingerprint density at radius 3 is 2.54 bits per heavy atom. The fourth-order valence-corrected chi connectivity index (χ4v) is 1.22. The SMILES string of the molecule is CCC[C@H](N)c1ccc(F)c(F)c1. The maximum Gasteiger partial charge on any atom is 0.159 e. The minimum atomic E-state index is -0.830. The maximum atomic E-state index is 12.7. The van der Waals surface area contributed by atoms with Crippen molar-refractivity contribution < 1.29 is 8.78 Å². The Labute approximate surface area is 76.6 Å². The van der Waals surface area contributed by atoms with E-state index >= 15 is 0 Å². The minimum Gasteiger partial charge on any atom is -0.324 e. The van der Waals surface area contributed by atoms with Crippen LogP contribution < -0.4 is 5.73 Å². The first-order chi connectivity index (χ1) is 6.15. The van der Waals surface area contributed by atoms with Gasteiger partial charge in [-0.2, -0.15) is 0 Å². The number of benzene rings is 1. The van der Waals surface area contributed by atoms with Crippen molar-refractivity contribution in [3.63, 3.8) is 0 Å². The summed E-state index contributed by atoms with van der Waals surface area (Å²) in [4.78, 5) is 0. The number of hydrogen-bond acceptors (Lipinski definition) is 1. The van der Waals surface area contributed by atoms with Crippen molar-refractivity contribution in [2.45, 2.75) is 25.8 Å². The highest BCUT2D eigenvalue weighted by molar-refractivity contribution is 5.20. The summed E-state index contributed by atoms with van der Waals surface area (Å²) in [6.45, 7) is 2.00. The molecule has 0 unspecified atom stereocenters. The highest BCUT2D eigenvalue weighted by Gasteiger charge is 2.08. The van der Waals surface area contributed by atoms with Crippen molar-refractivity contribution in [1.82, 2.24) is 0 Å². The van der Waals surface area contributed by atoms with Crippen molar-refractivity contribution >= 4 is 0 Å². The van der Waals surface area contributed by atoms with Gasteiger partial charge in [-0.05, 0) is 24.1 Å². The van der Waals surface area contributed by atoms with Crippen molar-refractivity contribution in [2.24, 2.45) is 5.73 Å². The minimum absolute atomic E-state index is 0.194. The third-order valence-electron chi connectivity index (χ3n) is 1.97. The molecule has 0 aromatic heterocycles. The second kappa shape index (κ2) is 4.33. The average molecular weight is 185 g/mol. The third kappa shape index (κ3) is 2.49. The fraction of sp³-hybridized carbons (Fsp3) is 0.400. The molecule has 0 bridgehead atoms. The number of nitrogens with two attached hydrogens (primary N) is 1. The quantitative estimate of drug-likeness (QED) is 0.769. The number of hydrogen-bond donors (Lipinski definition) is 1. The topological polar surface area (TPSA) is 26.0 Å². The Morgan fingerprint density at radius 2 is 2.00 bits per heavy atom. The van der Waals surface area contributed by atoms with Crippen LogP contribution >= 0.6 is 0 Å². The molecule has 3 heteroatoms. The van der Waals surface area contributed by atoms with Crippen LogP contribution in [0, 0.1) is 11.6 Å². The number of rotatable bonds is 3. The van der Waals surface area contributed by atoms with E-state index in [9.17, 15) is 8.78 Å². The molecule has 0 heterocycles. The van der Waals surface area contributed by atoms with Gasteiger partial charge in [0.1, 0.15) is 0 Å². The van der Waals surface area contributed by atoms with E-state index in [4.69, 9.17) is 5.73 Å². The van der Waals surface area contributed by atoms with Gasteiger partial charge >= 0.3 is 0 Å². The van der Waals surface area contributed by atoms with Gasteiger partial charge in [-0.15, -0.1) is 0 Å². The molecule has 0 saturated heterocycles. The monoisotopic (exact) mass is 185 g/mol. The highest BCUT2D eigenvalue weighted by Crippen LogP contribution is 2.17. The molecule has 0 spiro atoms. The summed E-state index contributed by atoms with van der Waals surface area (Å²) < 4.78 is 25.3. The van der Waals surface area contributed by atoms with E-state index in [2.05, 4.69) is 0 Å². The lowest BCUT2D eigenvalue weighted by molar-refractivity contribution is 0.504. The molecule has 1 nitrogen and oxygen atoms in total. The zero-order chi connectivity index (χ0) is 9.84. The van der Waals surface area contributed by atoms with Gasteiger partial charge in [0, 0.05) is 6.04 Å². The molecule has 0 aliphatic carbocycles. The molecule has 2 N–H and O–H groups in total. The summed E-state index contributed by atoms with van der Waals surface area (Å²) in [5, 5.41) is 0. The van der Waals surface area contributed by atoms with Crippen LogP contribution in [0.25, 0.3) is 0 Å². The molecular formula is C10H13F2N. The zero-order valence-electron chi connectivity index (χ0n) is 7.56. The van der Waals surface area contributed by atoms with E-state index in [0.29, 0.717) is 5.56 Å². The Morgan fingerprint density at radius 1 is 1.31 bits per heavy atom. The van der Waals surface area contributed by atoms with E-state index in [1.165, 1.54) is 6.07 Å². The van der Waals surface area contributed by atoms with Crippen LogP contribution in [0.1, 0.15) is 31.4 Å². The van der Waals surface area contributed by atoms with Gasteiger partial charge in [-0.1, -0.05) is 19.4 Å². The van der Waals surface area contributed by atoms with Gasteiger partial charge in [-0.25, -0.2) is 8.78 Å². The molecule has 0 fully saturated rings. The van der Waals surface area contributed by atoms with Crippen molar-refractivity contribution in [1.29, 1.82) is 0 Å². The molecule has 0 radical (unpaired) electrons. The van der Waals surface area contributed by atoms with Gasteiger partial charge in [-0.3, -0.25) is 0 Å². The van der Waals surface area contributed by atoms with E-state index in [-0.39, 0.29) is 6.04 Å². The summed E-state index contributed by atoms with van der Waals surface area (Å²) in [5.41, 5.74) is 6.39. The summed E-state index contributed by atoms with van der Waals surface area (Å²) in [6.07, 6.45) is 1.71. The molecule has 0 aliphatic rings. The summed E-state index contributed by atoms with van der Waals surface area (Å²) >= 11 is 0. The smallest absolute Gasteiger partial charge is 0.159 e. The lowest BCUT2D eigenvalue weighted by Gasteiger charge is -2.10. The third-order valence-corrected chi connectivity index (χ3v) is 1.97. The molecule has 13 heavy (non-hydrogen) atoms. The standard InChI is InChI=1S/C10H13F2N/c1-2-3-10(13)7-4-5-8(11)9(12)6-7/h4-6,10H,2-3,13H2,1H3/t10-/m0/s1. The Balaban J connectivity index is 2.84. The Bertz CT molecular complexity index is 286. The predicted octanol–water partition coefficient (Wildman–Crippen LogP) is 2.76. The predicted molar refractivity (Wildman–Crippen MR) is 48.2 cm³/mol. The molecule has 0 aliphatic heterocycles. The van der Waals surface area contributed by atoms with Gasteiger partial charge in [0.2, 0.25) is 0 Å². The maximum absolute atomic E-state index is 12.7. The van der Waals surface area contributed by atoms with Crippen LogP contribution in [-0.2, 0) is 0 Å². The van der Waals surface area contributed by atoms with Gasteiger partial charge in [0.05, 0.1) is 0 Å². The largest absolute Gasteiger partial charge is 0.324 e. The Hall–Kier alpha value is -0.960. The first-order valence-electron chi connectivity index (χ1n) is 4.35. The molecule has 1 rings (SSSR count). The normalized spacial score (nSPS) is 12.9. The second-order valence-corrected chi connectivity index (χ2v) is 3.07. The van der Waals surface area contributed by atoms with Crippen molar-refractivity contribution in [2.75, 3.05) is 0 Å². The lowest BCUT2D eigenvalue weighted by Crippen LogP contribution is -2.10. The van der Waals surface area contributed by atoms with Crippen LogP contribution in [0.5, 0.6) is 0 Å². The molecule has 1 aromatic carbocycles. The molecule has 0 amide bonds. The lowest BCUT2D eigenvalue weighted by atomic mass is 10.0. The van der Waals surface area contributed by atoms with Crippen molar-refractivity contribution in [3.05, 3.63) is 35.4 Å². The van der Waals surface area contributed by atoms with E-state index < -0.39 is 11.6 Å². The van der Waals surface area contributed by atoms with Gasteiger partial charge < -0.3 is 5.73 Å². The first kappa shape index (κ1) is 10.1. The molecule has 0 saturated carbocycles. The Kier molecular flexibility index (Phi) is 3.37. The van der Waals surface area contributed by atoms with Gasteiger partial charge in [0.15, 0.2) is 11.6 Å². The van der Waals surface area contributed by atoms with Crippen LogP contribution in [0.3, 0.4) is 0 Å². The molecule has 72 valence electrons.